The topological polar surface area (TPSA) is 23.5 Å². The molecular formula is C15H31NO. The van der Waals surface area contributed by atoms with E-state index in [0.29, 0.717) is 0 Å². The second-order valence-corrected chi connectivity index (χ2v) is 5.94. The first-order valence-electron chi connectivity index (χ1n) is 7.57. The minimum absolute atomic E-state index is 0.364. The predicted octanol–water partition coefficient (Wildman–Crippen LogP) is 3.58. The van der Waals surface area contributed by atoms with Crippen LogP contribution in [0.1, 0.15) is 71.1 Å². The van der Waals surface area contributed by atoms with Crippen LogP contribution in [0.3, 0.4) is 0 Å². The molecule has 1 unspecified atom stereocenters. The van der Waals surface area contributed by atoms with E-state index >= 15 is 0 Å². The van der Waals surface area contributed by atoms with Crippen molar-refractivity contribution in [1.82, 2.24) is 4.90 Å². The molecule has 0 aliphatic carbocycles. The highest BCUT2D eigenvalue weighted by Crippen LogP contribution is 2.26. The van der Waals surface area contributed by atoms with E-state index in [9.17, 15) is 5.11 Å². The number of hydrogen-bond donors (Lipinski definition) is 1. The van der Waals surface area contributed by atoms with Crippen LogP contribution in [0.5, 0.6) is 0 Å². The van der Waals surface area contributed by atoms with Crippen LogP contribution in [-0.4, -0.2) is 35.7 Å². The lowest BCUT2D eigenvalue weighted by Gasteiger charge is -2.22. The van der Waals surface area contributed by atoms with E-state index in [4.69, 9.17) is 0 Å². The maximum absolute atomic E-state index is 10.3. The van der Waals surface area contributed by atoms with Gasteiger partial charge in [-0.15, -0.1) is 0 Å². The molecule has 2 nitrogen and oxygen atoms in total. The standard InChI is InChI=1S/C15H31NO/c1-3-4-5-6-7-8-9-10-11-15(17)12-13-16(2)14-15/h17H,3-14H2,1-2H3. The first kappa shape index (κ1) is 15.0. The van der Waals surface area contributed by atoms with Gasteiger partial charge in [-0.2, -0.15) is 0 Å². The van der Waals surface area contributed by atoms with E-state index in [1.165, 1.54) is 51.4 Å². The number of β-amino-alcohol motifs (C(OH)–C–C–N with tert-alkyl or cyclic N) is 1. The van der Waals surface area contributed by atoms with Crippen LogP contribution in [0.15, 0.2) is 0 Å². The lowest BCUT2D eigenvalue weighted by Crippen LogP contribution is -2.31. The zero-order valence-corrected chi connectivity index (χ0v) is 11.9. The molecule has 1 saturated heterocycles. The second kappa shape index (κ2) is 8.10. The van der Waals surface area contributed by atoms with Crippen LogP contribution in [0.25, 0.3) is 0 Å². The molecule has 1 fully saturated rings. The molecule has 1 N–H and O–H groups in total. The van der Waals surface area contributed by atoms with E-state index in [1.807, 2.05) is 0 Å². The summed E-state index contributed by atoms with van der Waals surface area (Å²) < 4.78 is 0. The number of aliphatic hydroxyl groups is 1. The minimum atomic E-state index is -0.364. The van der Waals surface area contributed by atoms with Gasteiger partial charge in [-0.05, 0) is 19.9 Å². The van der Waals surface area contributed by atoms with Gasteiger partial charge in [0.2, 0.25) is 0 Å². The Labute approximate surface area is 107 Å². The molecule has 0 aromatic carbocycles. The molecule has 1 rings (SSSR count). The van der Waals surface area contributed by atoms with Crippen molar-refractivity contribution in [2.45, 2.75) is 76.7 Å². The van der Waals surface area contributed by atoms with Gasteiger partial charge in [0.15, 0.2) is 0 Å². The van der Waals surface area contributed by atoms with Gasteiger partial charge in [0, 0.05) is 13.1 Å². The number of likely N-dealkylation sites (N-methyl/N-ethyl adjacent to an activating group) is 1. The highest BCUT2D eigenvalue weighted by atomic mass is 16.3. The van der Waals surface area contributed by atoms with Gasteiger partial charge in [0.1, 0.15) is 0 Å². The fraction of sp³-hybridized carbons (Fsp3) is 1.00. The average Bonchev–Trinajstić information content (AvgIpc) is 2.63. The summed E-state index contributed by atoms with van der Waals surface area (Å²) in [6.45, 7) is 4.20. The monoisotopic (exact) mass is 241 g/mol. The van der Waals surface area contributed by atoms with Gasteiger partial charge in [0.05, 0.1) is 5.60 Å². The number of hydrogen-bond acceptors (Lipinski definition) is 2. The molecule has 0 spiro atoms. The highest BCUT2D eigenvalue weighted by molar-refractivity contribution is 4.88. The first-order chi connectivity index (χ1) is 8.16. The van der Waals surface area contributed by atoms with E-state index in [-0.39, 0.29) is 5.60 Å². The van der Waals surface area contributed by atoms with Crippen LogP contribution in [0.2, 0.25) is 0 Å². The molecule has 1 aliphatic heterocycles. The molecule has 0 amide bonds. The largest absolute Gasteiger partial charge is 0.389 e. The summed E-state index contributed by atoms with van der Waals surface area (Å²) in [5, 5.41) is 10.3. The van der Waals surface area contributed by atoms with Gasteiger partial charge in [-0.3, -0.25) is 0 Å². The zero-order valence-electron chi connectivity index (χ0n) is 11.9. The van der Waals surface area contributed by atoms with Crippen molar-refractivity contribution >= 4 is 0 Å². The van der Waals surface area contributed by atoms with Crippen LogP contribution >= 0.6 is 0 Å². The molecule has 17 heavy (non-hydrogen) atoms. The van der Waals surface area contributed by atoms with Crippen molar-refractivity contribution in [3.05, 3.63) is 0 Å². The van der Waals surface area contributed by atoms with E-state index in [0.717, 1.165) is 25.9 Å². The summed E-state index contributed by atoms with van der Waals surface area (Å²) in [5.74, 6) is 0. The Balaban J connectivity index is 1.90. The van der Waals surface area contributed by atoms with Crippen LogP contribution in [-0.2, 0) is 0 Å². The third-order valence-corrected chi connectivity index (χ3v) is 4.02. The van der Waals surface area contributed by atoms with Crippen molar-refractivity contribution in [3.63, 3.8) is 0 Å². The summed E-state index contributed by atoms with van der Waals surface area (Å²) >= 11 is 0. The lowest BCUT2D eigenvalue weighted by atomic mass is 9.95. The van der Waals surface area contributed by atoms with Gasteiger partial charge in [0.25, 0.3) is 0 Å². The summed E-state index contributed by atoms with van der Waals surface area (Å²) in [7, 11) is 2.10. The Morgan fingerprint density at radius 2 is 1.59 bits per heavy atom. The van der Waals surface area contributed by atoms with Gasteiger partial charge in [-0.25, -0.2) is 0 Å². The molecule has 1 atom stereocenters. The molecule has 0 aromatic rings. The lowest BCUT2D eigenvalue weighted by molar-refractivity contribution is 0.0404. The molecule has 0 aromatic heterocycles. The number of nitrogens with zero attached hydrogens (tertiary/aromatic N) is 1. The quantitative estimate of drug-likeness (QED) is 0.624. The van der Waals surface area contributed by atoms with Crippen molar-refractivity contribution in [2.75, 3.05) is 20.1 Å². The Morgan fingerprint density at radius 1 is 1.00 bits per heavy atom. The van der Waals surface area contributed by atoms with Gasteiger partial charge in [-0.1, -0.05) is 58.3 Å². The van der Waals surface area contributed by atoms with Gasteiger partial charge < -0.3 is 10.0 Å². The molecule has 0 saturated carbocycles. The molecule has 0 bridgehead atoms. The van der Waals surface area contributed by atoms with Crippen LogP contribution in [0, 0.1) is 0 Å². The first-order valence-corrected chi connectivity index (χ1v) is 7.57. The SMILES string of the molecule is CCCCCCCCCCC1(O)CCN(C)C1. The molecule has 102 valence electrons. The molecular weight excluding hydrogens is 210 g/mol. The van der Waals surface area contributed by atoms with Crippen molar-refractivity contribution in [3.8, 4) is 0 Å². The van der Waals surface area contributed by atoms with Crippen molar-refractivity contribution in [2.24, 2.45) is 0 Å². The van der Waals surface area contributed by atoms with E-state index < -0.39 is 0 Å². The predicted molar refractivity (Wildman–Crippen MR) is 74.3 cm³/mol. The minimum Gasteiger partial charge on any atom is -0.389 e. The van der Waals surface area contributed by atoms with Crippen LogP contribution < -0.4 is 0 Å². The van der Waals surface area contributed by atoms with Crippen molar-refractivity contribution in [1.29, 1.82) is 0 Å². The fourth-order valence-electron chi connectivity index (χ4n) is 2.85. The molecule has 0 radical (unpaired) electrons. The van der Waals surface area contributed by atoms with Crippen LogP contribution in [0.4, 0.5) is 0 Å². The van der Waals surface area contributed by atoms with E-state index in [1.54, 1.807) is 0 Å². The number of unbranched alkanes of at least 4 members (excludes halogenated alkanes) is 7. The second-order valence-electron chi connectivity index (χ2n) is 5.94. The average molecular weight is 241 g/mol. The number of rotatable bonds is 9. The zero-order chi connectivity index (χ0) is 12.6. The van der Waals surface area contributed by atoms with Crippen molar-refractivity contribution < 1.29 is 5.11 Å². The Morgan fingerprint density at radius 3 is 2.12 bits per heavy atom. The Bertz CT molecular complexity index is 195. The summed E-state index contributed by atoms with van der Waals surface area (Å²) in [4.78, 5) is 2.24. The molecule has 1 heterocycles. The number of likely N-dealkylation sites (tertiary alicyclic amines) is 1. The van der Waals surface area contributed by atoms with Gasteiger partial charge >= 0.3 is 0 Å². The summed E-state index contributed by atoms with van der Waals surface area (Å²) in [5.41, 5.74) is -0.364. The van der Waals surface area contributed by atoms with E-state index in [2.05, 4.69) is 18.9 Å². The molecule has 2 heteroatoms. The summed E-state index contributed by atoms with van der Waals surface area (Å²) in [6.07, 6.45) is 12.8. The smallest absolute Gasteiger partial charge is 0.0786 e. The summed E-state index contributed by atoms with van der Waals surface area (Å²) in [6, 6.07) is 0. The maximum Gasteiger partial charge on any atom is 0.0786 e. The third kappa shape index (κ3) is 6.42. The highest BCUT2D eigenvalue weighted by Gasteiger charge is 2.33. The third-order valence-electron chi connectivity index (χ3n) is 4.02. The fourth-order valence-corrected chi connectivity index (χ4v) is 2.85. The maximum atomic E-state index is 10.3. The Kier molecular flexibility index (Phi) is 7.14. The Hall–Kier alpha value is -0.0800. The molecule has 1 aliphatic rings. The normalized spacial score (nSPS) is 25.6.